The monoisotopic (exact) mass is 1150 g/mol. The largest absolute Gasteiger partial charge is 0.462 e. The van der Waals surface area contributed by atoms with Crippen LogP contribution in [0.4, 0.5) is 0 Å². The standard InChI is InChI=1S/C77H130O6/c1-4-7-10-13-16-19-22-25-28-31-33-35-37-38-40-41-43-46-49-52-55-58-61-64-67-70-76(79)82-73-74(72-81-75(78)69-66-63-60-57-54-51-48-45-30-27-24-21-18-15-12-9-6-3)83-77(80)71-68-65-62-59-56-53-50-47-44-42-39-36-34-32-29-26-23-20-17-14-11-8-5-2/h7,10,16,18-19,21,25,27-28,30,32-35,38,40,43,46,52,55,74H,4-6,8-9,11-15,17,20,22-24,26,29,31,36-37,39,41-42,44-45,47-51,53-54,56-73H2,1-3H3/b10-7-,19-16-,21-18-,28-25-,30-27-,34-32-,35-33-,40-38-,46-43-,55-52-. The van der Waals surface area contributed by atoms with Gasteiger partial charge in [-0.15, -0.1) is 0 Å². The Labute approximate surface area is 513 Å². The van der Waals surface area contributed by atoms with E-state index in [2.05, 4.69) is 142 Å². The number of esters is 3. The molecule has 0 aliphatic rings. The van der Waals surface area contributed by atoms with Gasteiger partial charge in [0.05, 0.1) is 0 Å². The maximum atomic E-state index is 13.0. The Morgan fingerprint density at radius 3 is 0.783 bits per heavy atom. The van der Waals surface area contributed by atoms with Crippen molar-refractivity contribution in [3.63, 3.8) is 0 Å². The quantitative estimate of drug-likeness (QED) is 0.0261. The first-order chi connectivity index (χ1) is 41.0. The second-order valence-electron chi connectivity index (χ2n) is 23.1. The van der Waals surface area contributed by atoms with Crippen LogP contribution in [0.2, 0.25) is 0 Å². The molecular weight excluding hydrogens is 1020 g/mol. The summed E-state index contributed by atoms with van der Waals surface area (Å²) in [7, 11) is 0. The fourth-order valence-electron chi connectivity index (χ4n) is 9.68. The van der Waals surface area contributed by atoms with Crippen LogP contribution in [-0.4, -0.2) is 37.2 Å². The molecule has 0 aliphatic heterocycles. The van der Waals surface area contributed by atoms with Gasteiger partial charge in [-0.25, -0.2) is 0 Å². The Balaban J connectivity index is 4.45. The van der Waals surface area contributed by atoms with Crippen LogP contribution in [0.15, 0.2) is 122 Å². The van der Waals surface area contributed by atoms with Crippen molar-refractivity contribution < 1.29 is 28.6 Å². The Morgan fingerprint density at radius 1 is 0.253 bits per heavy atom. The van der Waals surface area contributed by atoms with Crippen LogP contribution in [0.5, 0.6) is 0 Å². The summed E-state index contributed by atoms with van der Waals surface area (Å²) in [6, 6.07) is 0. The molecule has 0 aromatic rings. The minimum atomic E-state index is -0.801. The van der Waals surface area contributed by atoms with Crippen LogP contribution in [0.25, 0.3) is 0 Å². The van der Waals surface area contributed by atoms with Crippen LogP contribution in [0, 0.1) is 0 Å². The Kier molecular flexibility index (Phi) is 66.7. The summed E-state index contributed by atoms with van der Waals surface area (Å²) in [4.78, 5) is 38.5. The van der Waals surface area contributed by atoms with E-state index in [9.17, 15) is 14.4 Å². The van der Waals surface area contributed by atoms with Gasteiger partial charge < -0.3 is 14.2 Å². The zero-order valence-electron chi connectivity index (χ0n) is 54.4. The van der Waals surface area contributed by atoms with E-state index in [-0.39, 0.29) is 31.1 Å². The lowest BCUT2D eigenvalue weighted by Gasteiger charge is -2.18. The lowest BCUT2D eigenvalue weighted by Crippen LogP contribution is -2.30. The summed E-state index contributed by atoms with van der Waals surface area (Å²) >= 11 is 0. The van der Waals surface area contributed by atoms with Crippen molar-refractivity contribution in [2.75, 3.05) is 13.2 Å². The minimum absolute atomic E-state index is 0.0943. The molecule has 6 nitrogen and oxygen atoms in total. The van der Waals surface area contributed by atoms with Crippen molar-refractivity contribution in [1.29, 1.82) is 0 Å². The molecule has 0 heterocycles. The van der Waals surface area contributed by atoms with Crippen LogP contribution in [-0.2, 0) is 28.6 Å². The first-order valence-electron chi connectivity index (χ1n) is 35.0. The highest BCUT2D eigenvalue weighted by molar-refractivity contribution is 5.71. The zero-order valence-corrected chi connectivity index (χ0v) is 54.4. The maximum Gasteiger partial charge on any atom is 0.306 e. The van der Waals surface area contributed by atoms with Crippen LogP contribution >= 0.6 is 0 Å². The number of allylic oxidation sites excluding steroid dienone is 20. The number of ether oxygens (including phenoxy) is 3. The summed E-state index contributed by atoms with van der Waals surface area (Å²) in [5, 5.41) is 0. The Hall–Kier alpha value is -4.19. The molecule has 1 atom stereocenters. The van der Waals surface area contributed by atoms with Crippen LogP contribution in [0.1, 0.15) is 329 Å². The Bertz CT molecular complexity index is 1700. The molecule has 474 valence electrons. The second kappa shape index (κ2) is 70.3. The normalized spacial score (nSPS) is 12.9. The van der Waals surface area contributed by atoms with Crippen molar-refractivity contribution in [2.24, 2.45) is 0 Å². The van der Waals surface area contributed by atoms with Crippen molar-refractivity contribution in [3.05, 3.63) is 122 Å². The van der Waals surface area contributed by atoms with E-state index in [0.717, 1.165) is 122 Å². The summed E-state index contributed by atoms with van der Waals surface area (Å²) in [5.41, 5.74) is 0. The van der Waals surface area contributed by atoms with Crippen LogP contribution in [0.3, 0.4) is 0 Å². The molecule has 83 heavy (non-hydrogen) atoms. The second-order valence-corrected chi connectivity index (χ2v) is 23.1. The molecule has 1 unspecified atom stereocenters. The lowest BCUT2D eigenvalue weighted by atomic mass is 10.0. The highest BCUT2D eigenvalue weighted by Gasteiger charge is 2.19. The van der Waals surface area contributed by atoms with E-state index in [1.807, 2.05) is 0 Å². The molecule has 0 spiro atoms. The molecular formula is C77H130O6. The molecule has 0 saturated heterocycles. The highest BCUT2D eigenvalue weighted by Crippen LogP contribution is 2.16. The fraction of sp³-hybridized carbons (Fsp3) is 0.701. The van der Waals surface area contributed by atoms with Gasteiger partial charge in [-0.3, -0.25) is 14.4 Å². The van der Waals surface area contributed by atoms with Gasteiger partial charge in [0, 0.05) is 19.3 Å². The van der Waals surface area contributed by atoms with Crippen molar-refractivity contribution in [3.8, 4) is 0 Å². The molecule has 0 aliphatic carbocycles. The third kappa shape index (κ3) is 68.5. The van der Waals surface area contributed by atoms with E-state index >= 15 is 0 Å². The predicted molar refractivity (Wildman–Crippen MR) is 362 cm³/mol. The van der Waals surface area contributed by atoms with E-state index < -0.39 is 6.10 Å². The SMILES string of the molecule is CC/C=C\C/C=C\C/C=C\C/C=C\C/C=C\C/C=C\C/C=C\CCCCCC(=O)OCC(COC(=O)CCCCCCCCC/C=C\C/C=C\CCCCC)OC(=O)CCCCCCCCCCCCC/C=C\CCCCCCCCCC. The van der Waals surface area contributed by atoms with E-state index in [4.69, 9.17) is 14.2 Å². The number of hydrogen-bond donors (Lipinski definition) is 0. The van der Waals surface area contributed by atoms with E-state index in [1.165, 1.54) is 167 Å². The molecule has 0 amide bonds. The summed E-state index contributed by atoms with van der Waals surface area (Å²) < 4.78 is 17.0. The van der Waals surface area contributed by atoms with Crippen molar-refractivity contribution >= 4 is 17.9 Å². The summed E-state index contributed by atoms with van der Waals surface area (Å²) in [6.45, 7) is 6.50. The van der Waals surface area contributed by atoms with Gasteiger partial charge in [-0.05, 0) is 135 Å². The van der Waals surface area contributed by atoms with Gasteiger partial charge in [0.2, 0.25) is 0 Å². The first-order valence-corrected chi connectivity index (χ1v) is 35.0. The number of unbranched alkanes of at least 4 members (excludes halogenated alkanes) is 32. The fourth-order valence-corrected chi connectivity index (χ4v) is 9.68. The van der Waals surface area contributed by atoms with Gasteiger partial charge in [0.25, 0.3) is 0 Å². The molecule has 0 aromatic heterocycles. The molecule has 6 heteroatoms. The van der Waals surface area contributed by atoms with Crippen molar-refractivity contribution in [1.82, 2.24) is 0 Å². The number of rotatable bonds is 63. The zero-order chi connectivity index (χ0) is 59.9. The lowest BCUT2D eigenvalue weighted by molar-refractivity contribution is -0.167. The molecule has 0 saturated carbocycles. The molecule has 0 radical (unpaired) electrons. The maximum absolute atomic E-state index is 13.0. The van der Waals surface area contributed by atoms with Gasteiger partial charge in [0.1, 0.15) is 13.2 Å². The minimum Gasteiger partial charge on any atom is -0.462 e. The predicted octanol–water partition coefficient (Wildman–Crippen LogP) is 24.3. The smallest absolute Gasteiger partial charge is 0.306 e. The third-order valence-electron chi connectivity index (χ3n) is 14.9. The van der Waals surface area contributed by atoms with Gasteiger partial charge in [-0.2, -0.15) is 0 Å². The molecule has 0 fully saturated rings. The Morgan fingerprint density at radius 2 is 0.470 bits per heavy atom. The van der Waals surface area contributed by atoms with Crippen LogP contribution < -0.4 is 0 Å². The molecule has 0 aromatic carbocycles. The third-order valence-corrected chi connectivity index (χ3v) is 14.9. The molecule has 0 N–H and O–H groups in total. The number of carbonyl (C=O) groups is 3. The number of hydrogen-bond acceptors (Lipinski definition) is 6. The average molecular weight is 1150 g/mol. The van der Waals surface area contributed by atoms with Gasteiger partial charge in [-0.1, -0.05) is 296 Å². The topological polar surface area (TPSA) is 78.9 Å². The van der Waals surface area contributed by atoms with Gasteiger partial charge >= 0.3 is 17.9 Å². The van der Waals surface area contributed by atoms with E-state index in [0.29, 0.717) is 19.3 Å². The summed E-state index contributed by atoms with van der Waals surface area (Å²) in [5.74, 6) is -0.926. The average Bonchev–Trinajstić information content (AvgIpc) is 3.49. The van der Waals surface area contributed by atoms with E-state index in [1.54, 1.807) is 0 Å². The van der Waals surface area contributed by atoms with Crippen molar-refractivity contribution in [2.45, 2.75) is 335 Å². The molecule has 0 rings (SSSR count). The molecule has 0 bridgehead atoms. The summed E-state index contributed by atoms with van der Waals surface area (Å²) in [6.07, 6.45) is 97.8. The highest BCUT2D eigenvalue weighted by atomic mass is 16.6. The first kappa shape index (κ1) is 78.8. The van der Waals surface area contributed by atoms with Gasteiger partial charge in [0.15, 0.2) is 6.10 Å². The number of carbonyl (C=O) groups excluding carboxylic acids is 3.